The molecular formula is C26H28ClF4N3O4. The zero-order valence-electron chi connectivity index (χ0n) is 20.6. The Labute approximate surface area is 222 Å². The Kier molecular flexibility index (Phi) is 7.83. The Balaban J connectivity index is 0.00000336. The van der Waals surface area contributed by atoms with Crippen LogP contribution in [0.3, 0.4) is 0 Å². The summed E-state index contributed by atoms with van der Waals surface area (Å²) in [5.74, 6) is -1.05. The number of benzene rings is 2. The van der Waals surface area contributed by atoms with E-state index in [1.165, 1.54) is 17.9 Å². The molecule has 0 saturated carbocycles. The molecule has 2 aromatic carbocycles. The molecule has 38 heavy (non-hydrogen) atoms. The monoisotopic (exact) mass is 557 g/mol. The highest BCUT2D eigenvalue weighted by atomic mass is 35.5. The summed E-state index contributed by atoms with van der Waals surface area (Å²) in [6.07, 6.45) is -2.40. The van der Waals surface area contributed by atoms with Gasteiger partial charge in [-0.15, -0.1) is 25.6 Å². The Hall–Kier alpha value is -3.02. The normalized spacial score (nSPS) is 16.3. The molecule has 12 heteroatoms. The first-order chi connectivity index (χ1) is 17.7. The number of carbonyl (C=O) groups excluding carboxylic acids is 1. The topological polar surface area (TPSA) is 79.0 Å². The number of nitrogens with two attached hydrogens (primary N) is 1. The van der Waals surface area contributed by atoms with E-state index in [1.54, 1.807) is 4.90 Å². The highest BCUT2D eigenvalue weighted by Gasteiger charge is 2.44. The second-order valence-electron chi connectivity index (χ2n) is 9.44. The summed E-state index contributed by atoms with van der Waals surface area (Å²) < 4.78 is 70.9. The average Bonchev–Trinajstić information content (AvgIpc) is 3.43. The lowest BCUT2D eigenvalue weighted by Gasteiger charge is -2.38. The van der Waals surface area contributed by atoms with Gasteiger partial charge in [0.1, 0.15) is 17.3 Å². The number of likely N-dealkylation sites (tertiary alicyclic amines) is 1. The van der Waals surface area contributed by atoms with Crippen LogP contribution in [0.4, 0.5) is 17.6 Å². The molecule has 2 N–H and O–H groups in total. The van der Waals surface area contributed by atoms with Crippen LogP contribution in [0.25, 0.3) is 10.9 Å². The summed E-state index contributed by atoms with van der Waals surface area (Å²) in [4.78, 5) is 15.2. The number of halogens is 5. The largest absolute Gasteiger partial charge is 0.573 e. The second-order valence-corrected chi connectivity index (χ2v) is 9.44. The van der Waals surface area contributed by atoms with Gasteiger partial charge in [-0.2, -0.15) is 0 Å². The fraction of sp³-hybridized carbons (Fsp3) is 0.423. The number of nitrogens with zero attached hydrogens (tertiary/aromatic N) is 2. The standard InChI is InChI=1S/C26H27F4N3O4.ClH/c1-35-11-10-33-14-17(22-21(37-26(28,29)30)5-3-19(27)23(22)33)24(34)32-8-6-25(7-9-32)15-36-20-4-2-16(13-31)12-18(20)25;/h2-5,12,14H,6-11,13,15,31H2,1H3;1H. The molecule has 206 valence electrons. The third-order valence-corrected chi connectivity index (χ3v) is 7.29. The third kappa shape index (κ3) is 5.02. The predicted molar refractivity (Wildman–Crippen MR) is 134 cm³/mol. The summed E-state index contributed by atoms with van der Waals surface area (Å²) in [5, 5.41) is -0.208. The van der Waals surface area contributed by atoms with Gasteiger partial charge in [-0.3, -0.25) is 4.79 Å². The lowest BCUT2D eigenvalue weighted by atomic mass is 9.74. The van der Waals surface area contributed by atoms with Gasteiger partial charge in [0.2, 0.25) is 0 Å². The van der Waals surface area contributed by atoms with Crippen LogP contribution in [-0.2, 0) is 23.2 Å². The van der Waals surface area contributed by atoms with E-state index >= 15 is 0 Å². The van der Waals surface area contributed by atoms with E-state index in [-0.39, 0.29) is 47.4 Å². The maximum absolute atomic E-state index is 14.9. The highest BCUT2D eigenvalue weighted by molar-refractivity contribution is 6.09. The zero-order valence-corrected chi connectivity index (χ0v) is 21.5. The van der Waals surface area contributed by atoms with Crippen LogP contribution in [-0.4, -0.2) is 55.1 Å². The second kappa shape index (κ2) is 10.6. The van der Waals surface area contributed by atoms with E-state index in [0.29, 0.717) is 39.1 Å². The van der Waals surface area contributed by atoms with Gasteiger partial charge in [-0.25, -0.2) is 4.39 Å². The van der Waals surface area contributed by atoms with Crippen LogP contribution < -0.4 is 15.2 Å². The Morgan fingerprint density at radius 1 is 1.18 bits per heavy atom. The Morgan fingerprint density at radius 3 is 2.58 bits per heavy atom. The minimum Gasteiger partial charge on any atom is -0.492 e. The molecule has 0 unspecified atom stereocenters. The van der Waals surface area contributed by atoms with E-state index in [1.807, 2.05) is 18.2 Å². The van der Waals surface area contributed by atoms with Gasteiger partial charge >= 0.3 is 6.36 Å². The van der Waals surface area contributed by atoms with Crippen molar-refractivity contribution in [3.05, 3.63) is 59.0 Å². The number of amides is 1. The first-order valence-corrected chi connectivity index (χ1v) is 12.0. The molecule has 0 radical (unpaired) electrons. The fourth-order valence-electron chi connectivity index (χ4n) is 5.37. The lowest BCUT2D eigenvalue weighted by molar-refractivity contribution is -0.274. The van der Waals surface area contributed by atoms with Crippen molar-refractivity contribution in [2.24, 2.45) is 5.73 Å². The smallest absolute Gasteiger partial charge is 0.492 e. The number of fused-ring (bicyclic) bond motifs is 3. The molecule has 0 aliphatic carbocycles. The van der Waals surface area contributed by atoms with Gasteiger partial charge < -0.3 is 29.4 Å². The van der Waals surface area contributed by atoms with Gasteiger partial charge in [0, 0.05) is 50.5 Å². The first-order valence-electron chi connectivity index (χ1n) is 12.0. The first kappa shape index (κ1) is 28.0. The van der Waals surface area contributed by atoms with Crippen LogP contribution in [0.1, 0.15) is 34.3 Å². The molecular weight excluding hydrogens is 530 g/mol. The number of ether oxygens (including phenoxy) is 3. The van der Waals surface area contributed by atoms with Gasteiger partial charge in [0.05, 0.1) is 29.7 Å². The zero-order chi connectivity index (χ0) is 26.4. The van der Waals surface area contributed by atoms with E-state index in [2.05, 4.69) is 4.74 Å². The quantitative estimate of drug-likeness (QED) is 0.442. The van der Waals surface area contributed by atoms with E-state index in [0.717, 1.165) is 29.0 Å². The number of alkyl halides is 3. The summed E-state index contributed by atoms with van der Waals surface area (Å²) >= 11 is 0. The van der Waals surface area contributed by atoms with E-state index in [9.17, 15) is 22.4 Å². The minimum absolute atomic E-state index is 0. The fourth-order valence-corrected chi connectivity index (χ4v) is 5.37. The number of piperidine rings is 1. The molecule has 1 aromatic heterocycles. The van der Waals surface area contributed by atoms with Crippen LogP contribution in [0.15, 0.2) is 36.5 Å². The van der Waals surface area contributed by atoms with E-state index in [4.69, 9.17) is 15.2 Å². The molecule has 1 amide bonds. The minimum atomic E-state index is -5.00. The van der Waals surface area contributed by atoms with Crippen molar-refractivity contribution >= 4 is 29.2 Å². The van der Waals surface area contributed by atoms with Crippen molar-refractivity contribution in [1.82, 2.24) is 9.47 Å². The maximum Gasteiger partial charge on any atom is 0.573 e. The lowest BCUT2D eigenvalue weighted by Crippen LogP contribution is -2.46. The van der Waals surface area contributed by atoms with Crippen molar-refractivity contribution in [3.63, 3.8) is 0 Å². The molecule has 2 aliphatic heterocycles. The van der Waals surface area contributed by atoms with Crippen molar-refractivity contribution in [2.75, 3.05) is 33.4 Å². The van der Waals surface area contributed by atoms with Gasteiger partial charge in [-0.1, -0.05) is 12.1 Å². The van der Waals surface area contributed by atoms with Crippen LogP contribution in [0.2, 0.25) is 0 Å². The maximum atomic E-state index is 14.9. The molecule has 1 saturated heterocycles. The number of methoxy groups -OCH3 is 1. The van der Waals surface area contributed by atoms with Gasteiger partial charge in [0.25, 0.3) is 5.91 Å². The summed E-state index contributed by atoms with van der Waals surface area (Å²) in [6, 6.07) is 7.69. The van der Waals surface area contributed by atoms with Crippen LogP contribution >= 0.6 is 12.4 Å². The van der Waals surface area contributed by atoms with Crippen molar-refractivity contribution in [3.8, 4) is 11.5 Å². The van der Waals surface area contributed by atoms with E-state index < -0.39 is 23.8 Å². The SMILES string of the molecule is COCCn1cc(C(=O)N2CCC3(CC2)COc2ccc(CN)cc23)c2c(OC(F)(F)F)ccc(F)c21.Cl. The Bertz CT molecular complexity index is 1340. The van der Waals surface area contributed by atoms with Crippen molar-refractivity contribution < 1.29 is 36.6 Å². The highest BCUT2D eigenvalue weighted by Crippen LogP contribution is 2.46. The molecule has 3 heterocycles. The summed E-state index contributed by atoms with van der Waals surface area (Å²) in [6.45, 7) is 1.95. The molecule has 3 aromatic rings. The molecule has 1 fully saturated rings. The van der Waals surface area contributed by atoms with Crippen molar-refractivity contribution in [2.45, 2.75) is 37.7 Å². The number of carbonyl (C=O) groups is 1. The van der Waals surface area contributed by atoms with Gasteiger partial charge in [0.15, 0.2) is 0 Å². The predicted octanol–water partition coefficient (Wildman–Crippen LogP) is 4.77. The molecule has 0 atom stereocenters. The molecule has 7 nitrogen and oxygen atoms in total. The number of hydrogen-bond donors (Lipinski definition) is 1. The molecule has 5 rings (SSSR count). The summed E-state index contributed by atoms with van der Waals surface area (Å²) in [5.41, 5.74) is 7.43. The van der Waals surface area contributed by atoms with Gasteiger partial charge in [-0.05, 0) is 36.6 Å². The number of hydrogen-bond acceptors (Lipinski definition) is 5. The molecule has 2 aliphatic rings. The molecule has 1 spiro atoms. The summed E-state index contributed by atoms with van der Waals surface area (Å²) in [7, 11) is 1.46. The van der Waals surface area contributed by atoms with Crippen LogP contribution in [0, 0.1) is 5.82 Å². The number of rotatable bonds is 6. The number of aromatic nitrogens is 1. The average molecular weight is 558 g/mol. The van der Waals surface area contributed by atoms with Crippen LogP contribution in [0.5, 0.6) is 11.5 Å². The molecule has 0 bridgehead atoms. The van der Waals surface area contributed by atoms with Crippen molar-refractivity contribution in [1.29, 1.82) is 0 Å². The Morgan fingerprint density at radius 2 is 1.92 bits per heavy atom. The third-order valence-electron chi connectivity index (χ3n) is 7.29.